The highest BCUT2D eigenvalue weighted by Gasteiger charge is 2.30. The third-order valence-electron chi connectivity index (χ3n) is 3.54. The van der Waals surface area contributed by atoms with Crippen LogP contribution in [0.2, 0.25) is 0 Å². The largest absolute Gasteiger partial charge is 0.478 e. The number of aromatic carboxylic acids is 1. The average Bonchev–Trinajstić information content (AvgIpc) is 2.88. The second-order valence-electron chi connectivity index (χ2n) is 4.80. The van der Waals surface area contributed by atoms with Gasteiger partial charge < -0.3 is 19.2 Å². The van der Waals surface area contributed by atoms with E-state index >= 15 is 0 Å². The first-order valence-electron chi connectivity index (χ1n) is 6.16. The molecule has 2 rings (SSSR count). The maximum Gasteiger partial charge on any atom is 0.338 e. The topological polar surface area (TPSA) is 80.0 Å². The fourth-order valence-corrected chi connectivity index (χ4v) is 2.24. The van der Waals surface area contributed by atoms with E-state index in [1.54, 1.807) is 12.0 Å². The van der Waals surface area contributed by atoms with Crippen LogP contribution in [0.25, 0.3) is 0 Å². The molecule has 0 radical (unpaired) electrons. The Morgan fingerprint density at radius 3 is 2.84 bits per heavy atom. The molecule has 19 heavy (non-hydrogen) atoms. The maximum absolute atomic E-state index is 12.2. The lowest BCUT2D eigenvalue weighted by atomic mass is 9.95. The molecule has 1 aliphatic heterocycles. The highest BCUT2D eigenvalue weighted by molar-refractivity contribution is 5.95. The molecule has 1 saturated heterocycles. The van der Waals surface area contributed by atoms with Crippen molar-refractivity contribution in [3.05, 3.63) is 23.7 Å². The predicted molar refractivity (Wildman–Crippen MR) is 66.1 cm³/mol. The fraction of sp³-hybridized carbons (Fsp3) is 0.538. The summed E-state index contributed by atoms with van der Waals surface area (Å²) in [5, 5.41) is 8.80. The molecule has 104 valence electrons. The van der Waals surface area contributed by atoms with Crippen molar-refractivity contribution in [3.63, 3.8) is 0 Å². The average molecular weight is 267 g/mol. The van der Waals surface area contributed by atoms with Gasteiger partial charge in [0.05, 0.1) is 11.7 Å². The Hall–Kier alpha value is -1.82. The van der Waals surface area contributed by atoms with Crippen LogP contribution in [-0.4, -0.2) is 48.2 Å². The molecule has 2 unspecified atom stereocenters. The molecule has 0 spiro atoms. The van der Waals surface area contributed by atoms with Gasteiger partial charge in [0.1, 0.15) is 6.26 Å². The maximum atomic E-state index is 12.2. The number of carboxylic acids is 1. The number of nitrogens with zero attached hydrogens (tertiary/aromatic N) is 1. The van der Waals surface area contributed by atoms with Crippen LogP contribution in [-0.2, 0) is 4.74 Å². The van der Waals surface area contributed by atoms with Crippen LogP contribution in [0.4, 0.5) is 0 Å². The summed E-state index contributed by atoms with van der Waals surface area (Å²) in [7, 11) is 1.63. The number of piperidine rings is 1. The number of carbonyl (C=O) groups is 2. The van der Waals surface area contributed by atoms with E-state index in [1.165, 1.54) is 6.07 Å². The summed E-state index contributed by atoms with van der Waals surface area (Å²) < 4.78 is 10.4. The molecule has 1 N–H and O–H groups in total. The standard InChI is InChI=1S/C13H17NO5/c1-8-3-4-14(6-11(8)18-2)12(15)10-5-9(7-19-10)13(16)17/h5,7-8,11H,3-4,6H2,1-2H3,(H,16,17). The first-order valence-corrected chi connectivity index (χ1v) is 6.16. The Balaban J connectivity index is 2.08. The second kappa shape index (κ2) is 5.44. The normalized spacial score (nSPS) is 23.4. The molecule has 1 amide bonds. The lowest BCUT2D eigenvalue weighted by Crippen LogP contribution is -2.46. The second-order valence-corrected chi connectivity index (χ2v) is 4.80. The summed E-state index contributed by atoms with van der Waals surface area (Å²) in [5.74, 6) is -0.937. The number of methoxy groups -OCH3 is 1. The molecule has 1 aliphatic rings. The first kappa shape index (κ1) is 13.6. The van der Waals surface area contributed by atoms with Gasteiger partial charge >= 0.3 is 5.97 Å². The number of likely N-dealkylation sites (tertiary alicyclic amines) is 1. The number of ether oxygens (including phenoxy) is 1. The third kappa shape index (κ3) is 2.78. The van der Waals surface area contributed by atoms with E-state index in [0.717, 1.165) is 12.7 Å². The van der Waals surface area contributed by atoms with Crippen molar-refractivity contribution in [1.82, 2.24) is 4.90 Å². The van der Waals surface area contributed by atoms with E-state index in [9.17, 15) is 9.59 Å². The van der Waals surface area contributed by atoms with E-state index in [-0.39, 0.29) is 23.3 Å². The molecular formula is C13H17NO5. The summed E-state index contributed by atoms with van der Waals surface area (Å²) in [6.07, 6.45) is 1.94. The molecule has 0 aliphatic carbocycles. The van der Waals surface area contributed by atoms with E-state index in [1.807, 2.05) is 0 Å². The molecule has 6 heteroatoms. The van der Waals surface area contributed by atoms with Crippen LogP contribution in [0.5, 0.6) is 0 Å². The Morgan fingerprint density at radius 2 is 2.26 bits per heavy atom. The van der Waals surface area contributed by atoms with Crippen molar-refractivity contribution in [2.24, 2.45) is 5.92 Å². The molecule has 2 heterocycles. The van der Waals surface area contributed by atoms with Gasteiger partial charge in [0, 0.05) is 26.3 Å². The molecular weight excluding hydrogens is 250 g/mol. The predicted octanol–water partition coefficient (Wildman–Crippen LogP) is 1.47. The van der Waals surface area contributed by atoms with Gasteiger partial charge in [-0.3, -0.25) is 4.79 Å². The van der Waals surface area contributed by atoms with Crippen LogP contribution in [0.1, 0.15) is 34.3 Å². The number of hydrogen-bond acceptors (Lipinski definition) is 4. The number of carbonyl (C=O) groups excluding carboxylic acids is 1. The van der Waals surface area contributed by atoms with Crippen molar-refractivity contribution in [1.29, 1.82) is 0 Å². The van der Waals surface area contributed by atoms with Crippen LogP contribution in [0.3, 0.4) is 0 Å². The van der Waals surface area contributed by atoms with Gasteiger partial charge in [0.15, 0.2) is 5.76 Å². The number of furan rings is 1. The minimum atomic E-state index is -1.11. The zero-order valence-corrected chi connectivity index (χ0v) is 11.0. The Kier molecular flexibility index (Phi) is 3.90. The van der Waals surface area contributed by atoms with Crippen molar-refractivity contribution in [2.75, 3.05) is 20.2 Å². The van der Waals surface area contributed by atoms with E-state index in [0.29, 0.717) is 19.0 Å². The van der Waals surface area contributed by atoms with E-state index in [2.05, 4.69) is 6.92 Å². The summed E-state index contributed by atoms with van der Waals surface area (Å²) in [5.41, 5.74) is -0.0166. The first-order chi connectivity index (χ1) is 9.02. The molecule has 0 saturated carbocycles. The van der Waals surface area contributed by atoms with Gasteiger partial charge in [0.2, 0.25) is 0 Å². The molecule has 1 fully saturated rings. The van der Waals surface area contributed by atoms with Crippen LogP contribution in [0, 0.1) is 5.92 Å². The summed E-state index contributed by atoms with van der Waals surface area (Å²) >= 11 is 0. The summed E-state index contributed by atoms with van der Waals surface area (Å²) in [4.78, 5) is 24.6. The highest BCUT2D eigenvalue weighted by Crippen LogP contribution is 2.21. The van der Waals surface area contributed by atoms with E-state index in [4.69, 9.17) is 14.3 Å². The highest BCUT2D eigenvalue weighted by atomic mass is 16.5. The lowest BCUT2D eigenvalue weighted by molar-refractivity contribution is -0.00261. The van der Waals surface area contributed by atoms with Gasteiger partial charge in [-0.2, -0.15) is 0 Å². The lowest BCUT2D eigenvalue weighted by Gasteiger charge is -2.35. The van der Waals surface area contributed by atoms with E-state index < -0.39 is 5.97 Å². The molecule has 1 aromatic heterocycles. The summed E-state index contributed by atoms with van der Waals surface area (Å²) in [6.45, 7) is 3.22. The number of amides is 1. The number of hydrogen-bond donors (Lipinski definition) is 1. The van der Waals surface area contributed by atoms with Crippen LogP contribution >= 0.6 is 0 Å². The number of carboxylic acid groups (broad SMARTS) is 1. The minimum absolute atomic E-state index is 0.00612. The Bertz CT molecular complexity index is 481. The SMILES string of the molecule is COC1CN(C(=O)c2cc(C(=O)O)co2)CCC1C. The van der Waals surface area contributed by atoms with Gasteiger partial charge in [-0.25, -0.2) is 4.79 Å². The van der Waals surface area contributed by atoms with Crippen molar-refractivity contribution in [3.8, 4) is 0 Å². The third-order valence-corrected chi connectivity index (χ3v) is 3.54. The zero-order chi connectivity index (χ0) is 14.0. The summed E-state index contributed by atoms with van der Waals surface area (Å²) in [6, 6.07) is 1.25. The van der Waals surface area contributed by atoms with Gasteiger partial charge in [-0.1, -0.05) is 6.92 Å². The van der Waals surface area contributed by atoms with Crippen LogP contribution in [0.15, 0.2) is 16.7 Å². The fourth-order valence-electron chi connectivity index (χ4n) is 2.24. The molecule has 0 aromatic carbocycles. The molecule has 6 nitrogen and oxygen atoms in total. The van der Waals surface area contributed by atoms with Gasteiger partial charge in [0.25, 0.3) is 5.91 Å². The molecule has 1 aromatic rings. The van der Waals surface area contributed by atoms with Crippen molar-refractivity contribution < 1.29 is 23.8 Å². The van der Waals surface area contributed by atoms with Crippen molar-refractivity contribution in [2.45, 2.75) is 19.4 Å². The smallest absolute Gasteiger partial charge is 0.338 e. The van der Waals surface area contributed by atoms with Crippen molar-refractivity contribution >= 4 is 11.9 Å². The minimum Gasteiger partial charge on any atom is -0.478 e. The Morgan fingerprint density at radius 1 is 1.53 bits per heavy atom. The quantitative estimate of drug-likeness (QED) is 0.897. The van der Waals surface area contributed by atoms with Crippen LogP contribution < -0.4 is 0 Å². The Labute approximate surface area is 110 Å². The molecule has 0 bridgehead atoms. The monoisotopic (exact) mass is 267 g/mol. The zero-order valence-electron chi connectivity index (χ0n) is 11.0. The molecule has 2 atom stereocenters. The van der Waals surface area contributed by atoms with Gasteiger partial charge in [-0.05, 0) is 12.3 Å². The number of rotatable bonds is 3. The van der Waals surface area contributed by atoms with Gasteiger partial charge in [-0.15, -0.1) is 0 Å².